The van der Waals surface area contributed by atoms with Gasteiger partial charge in [0, 0.05) is 10.7 Å². The Morgan fingerprint density at radius 1 is 1.07 bits per heavy atom. The van der Waals surface area contributed by atoms with Crippen LogP contribution in [0.5, 0.6) is 5.75 Å². The maximum Gasteiger partial charge on any atom is 0.276 e. The number of halogens is 1. The second-order valence-electron chi connectivity index (χ2n) is 5.77. The summed E-state index contributed by atoms with van der Waals surface area (Å²) in [5.74, 6) is 0.881. The van der Waals surface area contributed by atoms with Crippen LogP contribution in [0.2, 0.25) is 5.02 Å². The molecule has 7 heteroatoms. The molecule has 1 heterocycles. The highest BCUT2D eigenvalue weighted by atomic mass is 35.5. The van der Waals surface area contributed by atoms with Crippen molar-refractivity contribution in [2.75, 3.05) is 17.2 Å². The second kappa shape index (κ2) is 8.51. The molecule has 0 bridgehead atoms. The molecule has 0 saturated carbocycles. The van der Waals surface area contributed by atoms with Gasteiger partial charge >= 0.3 is 0 Å². The van der Waals surface area contributed by atoms with Crippen LogP contribution in [-0.2, 0) is 0 Å². The number of hydrogen-bond acceptors (Lipinski definition) is 5. The number of ether oxygens (including phenoxy) is 1. The maximum atomic E-state index is 12.4. The third-order valence-corrected chi connectivity index (χ3v) is 4.03. The van der Waals surface area contributed by atoms with Crippen LogP contribution in [0.15, 0.2) is 54.6 Å². The first-order valence-corrected chi connectivity index (χ1v) is 8.84. The molecule has 6 nitrogen and oxygen atoms in total. The molecule has 0 spiro atoms. The third kappa shape index (κ3) is 4.74. The Morgan fingerprint density at radius 3 is 2.63 bits per heavy atom. The number of anilines is 3. The van der Waals surface area contributed by atoms with Crippen LogP contribution in [0, 0.1) is 6.92 Å². The van der Waals surface area contributed by atoms with Gasteiger partial charge in [0.25, 0.3) is 5.91 Å². The van der Waals surface area contributed by atoms with E-state index in [0.717, 1.165) is 17.0 Å². The van der Waals surface area contributed by atoms with Crippen LogP contribution < -0.4 is 15.4 Å². The summed E-state index contributed by atoms with van der Waals surface area (Å²) in [6.07, 6.45) is 0. The lowest BCUT2D eigenvalue weighted by atomic mass is 10.2. The van der Waals surface area contributed by atoms with Crippen LogP contribution in [0.4, 0.5) is 17.2 Å². The van der Waals surface area contributed by atoms with E-state index in [2.05, 4.69) is 20.8 Å². The van der Waals surface area contributed by atoms with Crippen LogP contribution in [-0.4, -0.2) is 22.7 Å². The Bertz CT molecular complexity index is 945. The highest BCUT2D eigenvalue weighted by Gasteiger charge is 2.11. The number of para-hydroxylation sites is 2. The van der Waals surface area contributed by atoms with Crippen molar-refractivity contribution in [1.29, 1.82) is 0 Å². The zero-order chi connectivity index (χ0) is 19.2. The van der Waals surface area contributed by atoms with E-state index in [1.54, 1.807) is 24.3 Å². The molecule has 0 aliphatic heterocycles. The van der Waals surface area contributed by atoms with Crippen molar-refractivity contribution in [3.8, 4) is 5.75 Å². The summed E-state index contributed by atoms with van der Waals surface area (Å²) in [5.41, 5.74) is 2.53. The number of carbonyl (C=O) groups is 1. The molecule has 0 aliphatic rings. The normalized spacial score (nSPS) is 10.3. The molecule has 3 aromatic rings. The average Bonchev–Trinajstić information content (AvgIpc) is 2.67. The monoisotopic (exact) mass is 382 g/mol. The van der Waals surface area contributed by atoms with Crippen molar-refractivity contribution in [3.05, 3.63) is 70.9 Å². The van der Waals surface area contributed by atoms with Gasteiger partial charge in [0.2, 0.25) is 0 Å². The molecule has 1 aromatic heterocycles. The van der Waals surface area contributed by atoms with Gasteiger partial charge in [0.1, 0.15) is 5.75 Å². The van der Waals surface area contributed by atoms with E-state index < -0.39 is 0 Å². The second-order valence-corrected chi connectivity index (χ2v) is 6.21. The number of hydrogen-bond donors (Lipinski definition) is 2. The fourth-order valence-corrected chi connectivity index (χ4v) is 2.60. The van der Waals surface area contributed by atoms with Gasteiger partial charge in [-0.15, -0.1) is 10.2 Å². The maximum absolute atomic E-state index is 12.4. The van der Waals surface area contributed by atoms with Crippen molar-refractivity contribution in [1.82, 2.24) is 10.2 Å². The van der Waals surface area contributed by atoms with Crippen molar-refractivity contribution in [3.63, 3.8) is 0 Å². The molecule has 2 N–H and O–H groups in total. The summed E-state index contributed by atoms with van der Waals surface area (Å²) in [7, 11) is 0. The average molecular weight is 383 g/mol. The van der Waals surface area contributed by atoms with Crippen LogP contribution >= 0.6 is 11.6 Å². The molecule has 0 radical (unpaired) electrons. The van der Waals surface area contributed by atoms with Crippen LogP contribution in [0.25, 0.3) is 0 Å². The first-order valence-electron chi connectivity index (χ1n) is 8.47. The largest absolute Gasteiger partial charge is 0.492 e. The summed E-state index contributed by atoms with van der Waals surface area (Å²) in [6.45, 7) is 4.37. The quantitative estimate of drug-likeness (QED) is 0.638. The predicted octanol–water partition coefficient (Wildman–Crippen LogP) is 4.83. The standard InChI is InChI=1S/C20H19ClN4O2/c1-3-27-18-7-5-4-6-15(18)22-19-11-10-16(24-25-19)20(26)23-17-12-14(21)9-8-13(17)2/h4-12H,3H2,1-2H3,(H,22,25)(H,23,26). The van der Waals surface area contributed by atoms with E-state index in [1.807, 2.05) is 44.2 Å². The summed E-state index contributed by atoms with van der Waals surface area (Å²) in [4.78, 5) is 12.4. The lowest BCUT2D eigenvalue weighted by Gasteiger charge is -2.11. The summed E-state index contributed by atoms with van der Waals surface area (Å²) < 4.78 is 5.57. The molecular weight excluding hydrogens is 364 g/mol. The first-order chi connectivity index (χ1) is 13.1. The summed E-state index contributed by atoms with van der Waals surface area (Å²) in [6, 6.07) is 16.1. The highest BCUT2D eigenvalue weighted by molar-refractivity contribution is 6.31. The van der Waals surface area contributed by atoms with Crippen LogP contribution in [0.1, 0.15) is 23.0 Å². The van der Waals surface area contributed by atoms with Gasteiger partial charge in [-0.1, -0.05) is 29.8 Å². The minimum Gasteiger partial charge on any atom is -0.492 e. The summed E-state index contributed by atoms with van der Waals surface area (Å²) >= 11 is 5.98. The molecule has 2 aromatic carbocycles. The minimum absolute atomic E-state index is 0.206. The Hall–Kier alpha value is -3.12. The van der Waals surface area contributed by atoms with Gasteiger partial charge in [-0.05, 0) is 55.8 Å². The number of aryl methyl sites for hydroxylation is 1. The van der Waals surface area contributed by atoms with Gasteiger partial charge in [0.05, 0.1) is 12.3 Å². The third-order valence-electron chi connectivity index (χ3n) is 3.79. The van der Waals surface area contributed by atoms with Crippen molar-refractivity contribution >= 4 is 34.7 Å². The minimum atomic E-state index is -0.353. The molecule has 0 fully saturated rings. The zero-order valence-corrected chi connectivity index (χ0v) is 15.7. The van der Waals surface area contributed by atoms with Gasteiger partial charge in [0.15, 0.2) is 11.5 Å². The highest BCUT2D eigenvalue weighted by Crippen LogP contribution is 2.26. The zero-order valence-electron chi connectivity index (χ0n) is 15.0. The molecule has 138 valence electrons. The number of benzene rings is 2. The van der Waals surface area contributed by atoms with Crippen LogP contribution in [0.3, 0.4) is 0 Å². The van der Waals surface area contributed by atoms with E-state index in [0.29, 0.717) is 23.1 Å². The Labute approximate surface area is 162 Å². The van der Waals surface area contributed by atoms with Gasteiger partial charge < -0.3 is 15.4 Å². The van der Waals surface area contributed by atoms with E-state index in [4.69, 9.17) is 16.3 Å². The number of rotatable bonds is 6. The molecule has 0 unspecified atom stereocenters. The molecule has 0 saturated heterocycles. The van der Waals surface area contributed by atoms with E-state index in [1.165, 1.54) is 0 Å². The fraction of sp³-hybridized carbons (Fsp3) is 0.150. The predicted molar refractivity (Wildman–Crippen MR) is 107 cm³/mol. The number of aromatic nitrogens is 2. The Morgan fingerprint density at radius 2 is 1.89 bits per heavy atom. The van der Waals surface area contributed by atoms with Crippen molar-refractivity contribution in [2.45, 2.75) is 13.8 Å². The Balaban J connectivity index is 1.72. The van der Waals surface area contributed by atoms with Crippen molar-refractivity contribution < 1.29 is 9.53 Å². The topological polar surface area (TPSA) is 76.1 Å². The van der Waals surface area contributed by atoms with E-state index in [9.17, 15) is 4.79 Å². The molecule has 0 aliphatic carbocycles. The number of nitrogens with zero attached hydrogens (tertiary/aromatic N) is 2. The van der Waals surface area contributed by atoms with Crippen molar-refractivity contribution in [2.24, 2.45) is 0 Å². The first kappa shape index (κ1) is 18.7. The molecular formula is C20H19ClN4O2. The number of amides is 1. The molecule has 1 amide bonds. The van der Waals surface area contributed by atoms with E-state index >= 15 is 0 Å². The number of carbonyl (C=O) groups excluding carboxylic acids is 1. The van der Waals surface area contributed by atoms with Gasteiger partial charge in [-0.3, -0.25) is 4.79 Å². The van der Waals surface area contributed by atoms with E-state index in [-0.39, 0.29) is 11.6 Å². The SMILES string of the molecule is CCOc1ccccc1Nc1ccc(C(=O)Nc2cc(Cl)ccc2C)nn1. The number of nitrogens with one attached hydrogen (secondary N) is 2. The summed E-state index contributed by atoms with van der Waals surface area (Å²) in [5, 5.41) is 14.6. The molecule has 0 atom stereocenters. The van der Waals surface area contributed by atoms with Gasteiger partial charge in [-0.2, -0.15) is 0 Å². The molecule has 27 heavy (non-hydrogen) atoms. The van der Waals surface area contributed by atoms with Gasteiger partial charge in [-0.25, -0.2) is 0 Å². The lowest BCUT2D eigenvalue weighted by molar-refractivity contribution is 0.102. The smallest absolute Gasteiger partial charge is 0.276 e. The molecule has 3 rings (SSSR count). The Kier molecular flexibility index (Phi) is 5.88. The fourth-order valence-electron chi connectivity index (χ4n) is 2.42. The lowest BCUT2D eigenvalue weighted by Crippen LogP contribution is -2.15.